The third-order valence-electron chi connectivity index (χ3n) is 3.45. The Labute approximate surface area is 149 Å². The molecule has 1 aliphatic heterocycles. The monoisotopic (exact) mass is 366 g/mol. The molecule has 0 saturated carbocycles. The van der Waals surface area contributed by atoms with Gasteiger partial charge in [0, 0.05) is 13.1 Å². The van der Waals surface area contributed by atoms with E-state index in [1.54, 1.807) is 6.07 Å². The Morgan fingerprint density at radius 2 is 2.12 bits per heavy atom. The highest BCUT2D eigenvalue weighted by Gasteiger charge is 2.26. The number of hydrogen-bond donors (Lipinski definition) is 1. The smallest absolute Gasteiger partial charge is 0.338 e. The third-order valence-corrected chi connectivity index (χ3v) is 4.88. The average molecular weight is 366 g/mol. The molecule has 2 rings (SSSR count). The van der Waals surface area contributed by atoms with Crippen molar-refractivity contribution in [1.29, 1.82) is 0 Å². The van der Waals surface area contributed by atoms with Gasteiger partial charge >= 0.3 is 5.97 Å². The summed E-state index contributed by atoms with van der Waals surface area (Å²) in [5.41, 5.74) is 2.19. The molecule has 0 unspecified atom stereocenters. The number of rotatable bonds is 6. The Hall–Kier alpha value is -1.93. The molecule has 1 N–H and O–H groups in total. The molecule has 2 amide bonds. The number of esters is 1. The number of hydrogen-bond acceptors (Lipinski definition) is 6. The number of thioether (sulfide) groups is 1. The minimum atomic E-state index is -0.529. The minimum absolute atomic E-state index is 0.0550. The van der Waals surface area contributed by atoms with E-state index < -0.39 is 11.9 Å². The highest BCUT2D eigenvalue weighted by Crippen LogP contribution is 2.18. The molecule has 1 saturated heterocycles. The standard InChI is InChI=1S/C16H18N2O4S2/c1-10-3-4-11(2)12(7-10)15(21)22-8-13(19)17-5-6-18-14(20)9-24-16(18)23/h3-4,7H,5-6,8-9H2,1-2H3,(H,17,19). The Balaban J connectivity index is 1.75. The lowest BCUT2D eigenvalue weighted by molar-refractivity contribution is -0.126. The fourth-order valence-electron chi connectivity index (χ4n) is 2.12. The third kappa shape index (κ3) is 4.78. The van der Waals surface area contributed by atoms with Crippen LogP contribution in [0.15, 0.2) is 18.2 Å². The molecule has 1 aromatic rings. The fraction of sp³-hybridized carbons (Fsp3) is 0.375. The van der Waals surface area contributed by atoms with Crippen LogP contribution in [0.1, 0.15) is 21.5 Å². The van der Waals surface area contributed by atoms with Crippen molar-refractivity contribution in [3.63, 3.8) is 0 Å². The van der Waals surface area contributed by atoms with Gasteiger partial charge in [0.05, 0.1) is 11.3 Å². The number of amides is 2. The van der Waals surface area contributed by atoms with Crippen molar-refractivity contribution in [3.05, 3.63) is 34.9 Å². The van der Waals surface area contributed by atoms with Gasteiger partial charge in [-0.15, -0.1) is 0 Å². The maximum atomic E-state index is 12.0. The highest BCUT2D eigenvalue weighted by molar-refractivity contribution is 8.23. The van der Waals surface area contributed by atoms with Crippen LogP contribution >= 0.6 is 24.0 Å². The van der Waals surface area contributed by atoms with Crippen LogP contribution in [-0.4, -0.2) is 52.5 Å². The van der Waals surface area contributed by atoms with Gasteiger partial charge in [0.1, 0.15) is 4.32 Å². The zero-order valence-electron chi connectivity index (χ0n) is 13.5. The largest absolute Gasteiger partial charge is 0.452 e. The van der Waals surface area contributed by atoms with Crippen LogP contribution in [0.25, 0.3) is 0 Å². The van der Waals surface area contributed by atoms with Crippen LogP contribution < -0.4 is 5.32 Å². The van der Waals surface area contributed by atoms with Gasteiger partial charge in [0.25, 0.3) is 5.91 Å². The van der Waals surface area contributed by atoms with Gasteiger partial charge in [0.15, 0.2) is 6.61 Å². The van der Waals surface area contributed by atoms with Gasteiger partial charge in [0.2, 0.25) is 5.91 Å². The minimum Gasteiger partial charge on any atom is -0.452 e. The Kier molecular flexibility index (Phi) is 6.33. The van der Waals surface area contributed by atoms with Crippen LogP contribution in [-0.2, 0) is 14.3 Å². The molecule has 0 atom stereocenters. The van der Waals surface area contributed by atoms with E-state index in [1.807, 2.05) is 26.0 Å². The summed E-state index contributed by atoms with van der Waals surface area (Å²) < 4.78 is 5.55. The van der Waals surface area contributed by atoms with Gasteiger partial charge in [-0.1, -0.05) is 41.7 Å². The molecule has 0 radical (unpaired) electrons. The van der Waals surface area contributed by atoms with Crippen molar-refractivity contribution in [2.45, 2.75) is 13.8 Å². The van der Waals surface area contributed by atoms with Crippen molar-refractivity contribution >= 4 is 46.1 Å². The molecular formula is C16H18N2O4S2. The lowest BCUT2D eigenvalue weighted by Crippen LogP contribution is -2.38. The zero-order valence-corrected chi connectivity index (χ0v) is 15.1. The number of aryl methyl sites for hydroxylation is 2. The molecule has 6 nitrogen and oxygen atoms in total. The zero-order chi connectivity index (χ0) is 17.7. The second-order valence-corrected chi connectivity index (χ2v) is 6.95. The second-order valence-electron chi connectivity index (χ2n) is 5.34. The van der Waals surface area contributed by atoms with Crippen molar-refractivity contribution in [3.8, 4) is 0 Å². The van der Waals surface area contributed by atoms with Crippen LogP contribution in [0, 0.1) is 13.8 Å². The molecule has 0 spiro atoms. The first-order chi connectivity index (χ1) is 11.4. The summed E-state index contributed by atoms with van der Waals surface area (Å²) in [5.74, 6) is -0.654. The Morgan fingerprint density at radius 3 is 2.79 bits per heavy atom. The van der Waals surface area contributed by atoms with Crippen molar-refractivity contribution in [1.82, 2.24) is 10.2 Å². The van der Waals surface area contributed by atoms with Gasteiger partial charge in [-0.05, 0) is 25.5 Å². The fourth-order valence-corrected chi connectivity index (χ4v) is 3.24. The van der Waals surface area contributed by atoms with Crippen molar-refractivity contribution < 1.29 is 19.1 Å². The first kappa shape index (κ1) is 18.4. The number of thiocarbonyl (C=S) groups is 1. The summed E-state index contributed by atoms with van der Waals surface area (Å²) in [5, 5.41) is 2.60. The molecule has 1 aromatic carbocycles. The topological polar surface area (TPSA) is 75.7 Å². The number of benzene rings is 1. The molecular weight excluding hydrogens is 348 g/mol. The van der Waals surface area contributed by atoms with E-state index in [-0.39, 0.29) is 19.1 Å². The molecule has 1 heterocycles. The first-order valence-electron chi connectivity index (χ1n) is 7.36. The lowest BCUT2D eigenvalue weighted by Gasteiger charge is -2.15. The van der Waals surface area contributed by atoms with Gasteiger partial charge < -0.3 is 10.1 Å². The van der Waals surface area contributed by atoms with Crippen LogP contribution in [0.4, 0.5) is 0 Å². The van der Waals surface area contributed by atoms with E-state index in [2.05, 4.69) is 5.32 Å². The van der Waals surface area contributed by atoms with Crippen molar-refractivity contribution in [2.75, 3.05) is 25.4 Å². The number of carbonyl (C=O) groups excluding carboxylic acids is 3. The number of carbonyl (C=O) groups is 3. The van der Waals surface area contributed by atoms with E-state index >= 15 is 0 Å². The first-order valence-corrected chi connectivity index (χ1v) is 8.76. The SMILES string of the molecule is Cc1ccc(C)c(C(=O)OCC(=O)NCCN2C(=O)CSC2=S)c1. The Bertz CT molecular complexity index is 675. The summed E-state index contributed by atoms with van der Waals surface area (Å²) in [6, 6.07) is 5.47. The van der Waals surface area contributed by atoms with E-state index in [4.69, 9.17) is 17.0 Å². The number of nitrogens with zero attached hydrogens (tertiary/aromatic N) is 1. The van der Waals surface area contributed by atoms with Crippen LogP contribution in [0.5, 0.6) is 0 Å². The Morgan fingerprint density at radius 1 is 1.38 bits per heavy atom. The van der Waals surface area contributed by atoms with Crippen LogP contribution in [0.2, 0.25) is 0 Å². The van der Waals surface area contributed by atoms with Gasteiger partial charge in [-0.25, -0.2) is 4.79 Å². The molecule has 1 fully saturated rings. The molecule has 8 heteroatoms. The molecule has 128 valence electrons. The predicted octanol–water partition coefficient (Wildman–Crippen LogP) is 1.44. The maximum Gasteiger partial charge on any atom is 0.338 e. The molecule has 0 aromatic heterocycles. The van der Waals surface area contributed by atoms with E-state index in [0.717, 1.165) is 11.1 Å². The van der Waals surface area contributed by atoms with E-state index in [9.17, 15) is 14.4 Å². The molecule has 0 aliphatic carbocycles. The summed E-state index contributed by atoms with van der Waals surface area (Å²) in [4.78, 5) is 36.7. The molecule has 24 heavy (non-hydrogen) atoms. The van der Waals surface area contributed by atoms with Crippen molar-refractivity contribution in [2.24, 2.45) is 0 Å². The lowest BCUT2D eigenvalue weighted by atomic mass is 10.1. The number of nitrogens with one attached hydrogen (secondary N) is 1. The van der Waals surface area contributed by atoms with Gasteiger partial charge in [-0.2, -0.15) is 0 Å². The quantitative estimate of drug-likeness (QED) is 0.606. The van der Waals surface area contributed by atoms with E-state index in [0.29, 0.717) is 22.2 Å². The van der Waals surface area contributed by atoms with Gasteiger partial charge in [-0.3, -0.25) is 14.5 Å². The summed E-state index contributed by atoms with van der Waals surface area (Å²) in [7, 11) is 0. The summed E-state index contributed by atoms with van der Waals surface area (Å²) in [6.45, 7) is 3.91. The highest BCUT2D eigenvalue weighted by atomic mass is 32.2. The maximum absolute atomic E-state index is 12.0. The van der Waals surface area contributed by atoms with Crippen LogP contribution in [0.3, 0.4) is 0 Å². The predicted molar refractivity (Wildman–Crippen MR) is 96.0 cm³/mol. The molecule has 1 aliphatic rings. The number of ether oxygens (including phenoxy) is 1. The average Bonchev–Trinajstić information content (AvgIpc) is 2.86. The summed E-state index contributed by atoms with van der Waals surface area (Å²) in [6.07, 6.45) is 0. The second kappa shape index (κ2) is 8.25. The summed E-state index contributed by atoms with van der Waals surface area (Å²) >= 11 is 6.36. The normalized spacial score (nSPS) is 14.0. The van der Waals surface area contributed by atoms with E-state index in [1.165, 1.54) is 16.7 Å². The molecule has 0 bridgehead atoms.